The maximum absolute atomic E-state index is 12.6. The van der Waals surface area contributed by atoms with Crippen LogP contribution in [0.15, 0.2) is 28.3 Å². The summed E-state index contributed by atoms with van der Waals surface area (Å²) in [7, 11) is -3.20. The van der Waals surface area contributed by atoms with Crippen molar-refractivity contribution < 1.29 is 31.6 Å². The van der Waals surface area contributed by atoms with Gasteiger partial charge in [-0.3, -0.25) is 4.79 Å². The molecule has 1 atom stereocenters. The Hall–Kier alpha value is -1.65. The zero-order valence-electron chi connectivity index (χ0n) is 13.5. The minimum absolute atomic E-state index is 0.0928. The first-order chi connectivity index (χ1) is 11.3. The lowest BCUT2D eigenvalue weighted by Crippen LogP contribution is -2.41. The number of nitrogens with zero attached hydrogens (tertiary/aromatic N) is 2. The SMILES string of the molecule is CC(CC(=O)[C@H](C)N(C)S(=O)(=O)c1ccc(C(F)(F)F)cc1Cl)=NO. The number of carbonyl (C=O) groups is 1. The quantitative estimate of drug-likeness (QED) is 0.451. The van der Waals surface area contributed by atoms with Gasteiger partial charge >= 0.3 is 6.18 Å². The van der Waals surface area contributed by atoms with Gasteiger partial charge in [-0.25, -0.2) is 8.42 Å². The van der Waals surface area contributed by atoms with Crippen LogP contribution in [0.4, 0.5) is 13.2 Å². The summed E-state index contributed by atoms with van der Waals surface area (Å²) in [5.41, 5.74) is -0.992. The molecule has 0 fully saturated rings. The number of benzene rings is 1. The van der Waals surface area contributed by atoms with E-state index in [-0.39, 0.29) is 12.1 Å². The summed E-state index contributed by atoms with van der Waals surface area (Å²) in [5.74, 6) is -0.551. The molecular formula is C14H16ClF3N2O4S. The van der Waals surface area contributed by atoms with Crippen molar-refractivity contribution in [2.24, 2.45) is 5.16 Å². The van der Waals surface area contributed by atoms with Crippen molar-refractivity contribution in [3.05, 3.63) is 28.8 Å². The molecule has 140 valence electrons. The van der Waals surface area contributed by atoms with Crippen molar-refractivity contribution in [2.75, 3.05) is 7.05 Å². The molecule has 0 aliphatic carbocycles. The van der Waals surface area contributed by atoms with E-state index < -0.39 is 43.5 Å². The summed E-state index contributed by atoms with van der Waals surface area (Å²) >= 11 is 5.71. The van der Waals surface area contributed by atoms with Crippen LogP contribution < -0.4 is 0 Å². The number of alkyl halides is 3. The maximum Gasteiger partial charge on any atom is 0.416 e. The lowest BCUT2D eigenvalue weighted by molar-refractivity contribution is -0.137. The molecule has 1 N–H and O–H groups in total. The summed E-state index contributed by atoms with van der Waals surface area (Å²) in [6.45, 7) is 2.69. The van der Waals surface area contributed by atoms with Gasteiger partial charge in [0.1, 0.15) is 4.90 Å². The summed E-state index contributed by atoms with van der Waals surface area (Å²) in [5, 5.41) is 10.8. The largest absolute Gasteiger partial charge is 0.416 e. The van der Waals surface area contributed by atoms with Crippen LogP contribution in [0.3, 0.4) is 0 Å². The Bertz CT molecular complexity index is 794. The zero-order valence-corrected chi connectivity index (χ0v) is 15.1. The van der Waals surface area contributed by atoms with E-state index in [4.69, 9.17) is 16.8 Å². The average molecular weight is 401 g/mol. The molecule has 0 bridgehead atoms. The van der Waals surface area contributed by atoms with Crippen LogP contribution in [-0.2, 0) is 21.0 Å². The summed E-state index contributed by atoms with van der Waals surface area (Å²) < 4.78 is 63.7. The molecule has 0 saturated heterocycles. The number of likely N-dealkylation sites (N-methyl/N-ethyl adjacent to an activating group) is 1. The van der Waals surface area contributed by atoms with Gasteiger partial charge in [-0.2, -0.15) is 17.5 Å². The van der Waals surface area contributed by atoms with Crippen LogP contribution in [0.25, 0.3) is 0 Å². The van der Waals surface area contributed by atoms with Crippen LogP contribution in [-0.4, -0.2) is 42.5 Å². The van der Waals surface area contributed by atoms with Crippen LogP contribution in [0.5, 0.6) is 0 Å². The topological polar surface area (TPSA) is 87.0 Å². The molecule has 0 aromatic heterocycles. The van der Waals surface area contributed by atoms with Crippen molar-refractivity contribution >= 4 is 33.1 Å². The van der Waals surface area contributed by atoms with Crippen molar-refractivity contribution in [3.63, 3.8) is 0 Å². The standard InChI is InChI=1S/C14H16ClF3N2O4S/c1-8(19-22)6-12(21)9(2)20(3)25(23,24)13-5-4-10(7-11(13)15)14(16,17)18/h4-5,7,9,22H,6H2,1-3H3/t9-/m0/s1. The third-order valence-corrected chi connectivity index (χ3v) is 5.94. The Morgan fingerprint density at radius 2 is 1.96 bits per heavy atom. The second-order valence-corrected chi connectivity index (χ2v) is 7.69. The molecule has 0 saturated carbocycles. The van der Waals surface area contributed by atoms with E-state index in [9.17, 15) is 26.4 Å². The monoisotopic (exact) mass is 400 g/mol. The lowest BCUT2D eigenvalue weighted by atomic mass is 10.1. The molecule has 0 spiro atoms. The van der Waals surface area contributed by atoms with Crippen molar-refractivity contribution in [1.29, 1.82) is 0 Å². The van der Waals surface area contributed by atoms with Gasteiger partial charge in [0.15, 0.2) is 5.78 Å². The van der Waals surface area contributed by atoms with Gasteiger partial charge in [0.2, 0.25) is 10.0 Å². The van der Waals surface area contributed by atoms with Crippen molar-refractivity contribution in [2.45, 2.75) is 37.4 Å². The predicted octanol–water partition coefficient (Wildman–Crippen LogP) is 3.18. The number of oxime groups is 1. The second-order valence-electron chi connectivity index (χ2n) is 5.32. The van der Waals surface area contributed by atoms with E-state index >= 15 is 0 Å². The molecule has 0 aliphatic rings. The third-order valence-electron chi connectivity index (χ3n) is 3.53. The number of hydrogen-bond donors (Lipinski definition) is 1. The van der Waals surface area contributed by atoms with Gasteiger partial charge in [-0.1, -0.05) is 16.8 Å². The molecule has 0 amide bonds. The van der Waals surface area contributed by atoms with E-state index in [0.717, 1.165) is 13.1 Å². The molecule has 1 aromatic carbocycles. The number of ketones is 1. The van der Waals surface area contributed by atoms with E-state index in [2.05, 4.69) is 5.16 Å². The van der Waals surface area contributed by atoms with Gasteiger partial charge in [0.25, 0.3) is 0 Å². The number of rotatable bonds is 6. The lowest BCUT2D eigenvalue weighted by Gasteiger charge is -2.24. The van der Waals surface area contributed by atoms with Crippen LogP contribution in [0.2, 0.25) is 5.02 Å². The number of carbonyl (C=O) groups excluding carboxylic acids is 1. The van der Waals surface area contributed by atoms with Gasteiger partial charge in [-0.05, 0) is 32.0 Å². The minimum Gasteiger partial charge on any atom is -0.411 e. The normalized spacial score (nSPS) is 14.6. The molecule has 25 heavy (non-hydrogen) atoms. The van der Waals surface area contributed by atoms with Gasteiger partial charge in [-0.15, -0.1) is 0 Å². The molecule has 6 nitrogen and oxygen atoms in total. The maximum atomic E-state index is 12.6. The van der Waals surface area contributed by atoms with Crippen LogP contribution in [0, 0.1) is 0 Å². The van der Waals surface area contributed by atoms with Crippen LogP contribution in [0.1, 0.15) is 25.8 Å². The summed E-state index contributed by atoms with van der Waals surface area (Å²) in [6, 6.07) is 0.716. The highest BCUT2D eigenvalue weighted by Crippen LogP contribution is 2.34. The fourth-order valence-electron chi connectivity index (χ4n) is 1.89. The predicted molar refractivity (Wildman–Crippen MR) is 85.4 cm³/mol. The molecule has 0 heterocycles. The molecule has 11 heteroatoms. The number of halogens is 4. The third kappa shape index (κ3) is 4.93. The highest BCUT2D eigenvalue weighted by atomic mass is 35.5. The van der Waals surface area contributed by atoms with E-state index in [1.807, 2.05) is 0 Å². The van der Waals surface area contributed by atoms with E-state index in [0.29, 0.717) is 16.4 Å². The molecule has 1 aromatic rings. The molecule has 0 aliphatic heterocycles. The minimum atomic E-state index is -4.66. The first-order valence-corrected chi connectivity index (χ1v) is 8.69. The van der Waals surface area contributed by atoms with Crippen molar-refractivity contribution in [3.8, 4) is 0 Å². The first kappa shape index (κ1) is 21.4. The number of sulfonamides is 1. The van der Waals surface area contributed by atoms with Gasteiger partial charge in [0.05, 0.1) is 22.3 Å². The number of Topliss-reactive ketones (excluding diaryl/α,β-unsaturated/α-hetero) is 1. The van der Waals surface area contributed by atoms with Gasteiger partial charge in [0, 0.05) is 13.5 Å². The Balaban J connectivity index is 3.18. The van der Waals surface area contributed by atoms with Crippen LogP contribution >= 0.6 is 11.6 Å². The second kappa shape index (κ2) is 7.71. The average Bonchev–Trinajstić information content (AvgIpc) is 2.51. The summed E-state index contributed by atoms with van der Waals surface area (Å²) in [4.78, 5) is 11.5. The highest BCUT2D eigenvalue weighted by Gasteiger charge is 2.34. The molecule has 0 unspecified atom stereocenters. The zero-order chi connectivity index (χ0) is 19.6. The molecular weight excluding hydrogens is 385 g/mol. The van der Waals surface area contributed by atoms with Crippen molar-refractivity contribution in [1.82, 2.24) is 4.31 Å². The highest BCUT2D eigenvalue weighted by molar-refractivity contribution is 7.89. The summed E-state index contributed by atoms with van der Waals surface area (Å²) in [6.07, 6.45) is -4.94. The Kier molecular flexibility index (Phi) is 6.60. The fraction of sp³-hybridized carbons (Fsp3) is 0.429. The smallest absolute Gasteiger partial charge is 0.411 e. The fourth-order valence-corrected chi connectivity index (χ4v) is 3.75. The Morgan fingerprint density at radius 3 is 2.40 bits per heavy atom. The Morgan fingerprint density at radius 1 is 1.40 bits per heavy atom. The molecule has 0 radical (unpaired) electrons. The van der Waals surface area contributed by atoms with E-state index in [1.54, 1.807) is 0 Å². The first-order valence-electron chi connectivity index (χ1n) is 6.87. The molecule has 1 rings (SSSR count). The number of hydrogen-bond acceptors (Lipinski definition) is 5. The Labute approximate surface area is 147 Å². The van der Waals surface area contributed by atoms with Gasteiger partial charge < -0.3 is 5.21 Å². The van der Waals surface area contributed by atoms with E-state index in [1.165, 1.54) is 13.8 Å².